The zero-order chi connectivity index (χ0) is 19.7. The molecule has 6 N–H and O–H groups in total. The van der Waals surface area contributed by atoms with E-state index in [1.807, 2.05) is 0 Å². The van der Waals surface area contributed by atoms with Crippen molar-refractivity contribution in [1.29, 1.82) is 0 Å². The summed E-state index contributed by atoms with van der Waals surface area (Å²) in [5.41, 5.74) is 5.70. The van der Waals surface area contributed by atoms with Crippen molar-refractivity contribution in [2.24, 2.45) is 11.7 Å². The van der Waals surface area contributed by atoms with Crippen LogP contribution in [0.4, 0.5) is 0 Å². The number of rotatable bonds is 10. The lowest BCUT2D eigenvalue weighted by atomic mass is 10.0. The van der Waals surface area contributed by atoms with Gasteiger partial charge < -0.3 is 26.8 Å². The molecule has 0 heterocycles. The average Bonchev–Trinajstić information content (AvgIpc) is 2.55. The number of amides is 3. The largest absolute Gasteiger partial charge is 0.480 e. The molecule has 4 atom stereocenters. The van der Waals surface area contributed by atoms with Crippen LogP contribution in [0.25, 0.3) is 0 Å². The van der Waals surface area contributed by atoms with E-state index >= 15 is 0 Å². The molecule has 0 saturated heterocycles. The first-order chi connectivity index (χ1) is 11.5. The van der Waals surface area contributed by atoms with E-state index in [1.165, 1.54) is 6.92 Å². The molecule has 144 valence electrons. The van der Waals surface area contributed by atoms with Gasteiger partial charge in [0.1, 0.15) is 18.1 Å². The van der Waals surface area contributed by atoms with Gasteiger partial charge in [-0.15, -0.1) is 0 Å². The van der Waals surface area contributed by atoms with E-state index in [0.29, 0.717) is 0 Å². The average molecular weight is 395 g/mol. The van der Waals surface area contributed by atoms with Crippen molar-refractivity contribution in [3.8, 4) is 0 Å². The number of hydrogen-bond acceptors (Lipinski definition) is 7. The molecule has 0 spiro atoms. The van der Waals surface area contributed by atoms with Crippen LogP contribution < -0.4 is 21.7 Å². The fourth-order valence-corrected chi connectivity index (χ4v) is 2.13. The van der Waals surface area contributed by atoms with Crippen LogP contribution in [0, 0.1) is 5.92 Å². The van der Waals surface area contributed by atoms with E-state index in [4.69, 9.17) is 10.8 Å². The molecule has 0 aliphatic carbocycles. The second-order valence-electron chi connectivity index (χ2n) is 5.83. The normalized spacial score (nSPS) is 15.6. The fourth-order valence-electron chi connectivity index (χ4n) is 1.63. The molecule has 0 rings (SSSR count). The number of thiol groups is 2. The lowest BCUT2D eigenvalue weighted by Gasteiger charge is -2.23. The second kappa shape index (κ2) is 11.2. The highest BCUT2D eigenvalue weighted by molar-refractivity contribution is 7.80. The fraction of sp³-hybridized carbons (Fsp3) is 0.714. The van der Waals surface area contributed by atoms with Crippen LogP contribution in [-0.4, -0.2) is 64.5 Å². The topological polar surface area (TPSA) is 151 Å². The van der Waals surface area contributed by atoms with Crippen molar-refractivity contribution >= 4 is 48.9 Å². The molecule has 0 aromatic heterocycles. The number of carbonyl (C=O) groups excluding carboxylic acids is 3. The Kier molecular flexibility index (Phi) is 10.6. The van der Waals surface area contributed by atoms with Gasteiger partial charge in [-0.05, 0) is 12.8 Å². The molecule has 0 aromatic carbocycles. The highest BCUT2D eigenvalue weighted by Crippen LogP contribution is 1.99. The van der Waals surface area contributed by atoms with Crippen LogP contribution in [0.15, 0.2) is 0 Å². The van der Waals surface area contributed by atoms with Gasteiger partial charge in [0.05, 0.1) is 6.04 Å². The van der Waals surface area contributed by atoms with Gasteiger partial charge in [0.25, 0.3) is 0 Å². The van der Waals surface area contributed by atoms with Crippen molar-refractivity contribution in [1.82, 2.24) is 16.0 Å². The highest BCUT2D eigenvalue weighted by atomic mass is 32.1. The Labute approximate surface area is 157 Å². The quantitative estimate of drug-likeness (QED) is 0.222. The molecule has 0 radical (unpaired) electrons. The van der Waals surface area contributed by atoms with E-state index in [9.17, 15) is 19.2 Å². The molecule has 25 heavy (non-hydrogen) atoms. The number of nitrogens with two attached hydrogens (primary N) is 1. The van der Waals surface area contributed by atoms with Gasteiger partial charge in [-0.25, -0.2) is 4.79 Å². The number of aliphatic carboxylic acids is 1. The van der Waals surface area contributed by atoms with Gasteiger partial charge in [0.15, 0.2) is 0 Å². The van der Waals surface area contributed by atoms with Crippen LogP contribution in [0.1, 0.15) is 20.8 Å². The number of carboxylic acids is 1. The molecule has 4 unspecified atom stereocenters. The van der Waals surface area contributed by atoms with Gasteiger partial charge in [0.2, 0.25) is 17.7 Å². The lowest BCUT2D eigenvalue weighted by Crippen LogP contribution is -2.57. The first-order valence-corrected chi connectivity index (χ1v) is 8.92. The van der Waals surface area contributed by atoms with Crippen molar-refractivity contribution < 1.29 is 24.3 Å². The lowest BCUT2D eigenvalue weighted by molar-refractivity contribution is -0.141. The molecule has 0 aliphatic rings. The third kappa shape index (κ3) is 7.97. The molecule has 3 amide bonds. The molecule has 9 nitrogen and oxygen atoms in total. The monoisotopic (exact) mass is 394 g/mol. The Bertz CT molecular complexity index is 504. The van der Waals surface area contributed by atoms with Gasteiger partial charge in [-0.1, -0.05) is 13.8 Å². The number of carboxylic acid groups (broad SMARTS) is 1. The third-order valence-corrected chi connectivity index (χ3v) is 4.12. The van der Waals surface area contributed by atoms with E-state index in [1.54, 1.807) is 13.8 Å². The summed E-state index contributed by atoms with van der Waals surface area (Å²) in [6.45, 7) is 4.99. The molecule has 11 heteroatoms. The molecule has 0 aliphatic heterocycles. The Morgan fingerprint density at radius 1 is 0.880 bits per heavy atom. The predicted molar refractivity (Wildman–Crippen MR) is 99.6 cm³/mol. The first-order valence-electron chi connectivity index (χ1n) is 7.66. The molecule has 0 aromatic rings. The summed E-state index contributed by atoms with van der Waals surface area (Å²) in [5.74, 6) is -3.29. The first kappa shape index (κ1) is 23.5. The summed E-state index contributed by atoms with van der Waals surface area (Å²) in [6.07, 6.45) is 0. The zero-order valence-electron chi connectivity index (χ0n) is 14.4. The van der Waals surface area contributed by atoms with E-state index in [0.717, 1.165) is 0 Å². The van der Waals surface area contributed by atoms with Gasteiger partial charge in [-0.2, -0.15) is 25.3 Å². The predicted octanol–water partition coefficient (Wildman–Crippen LogP) is -1.61. The maximum atomic E-state index is 12.1. The van der Waals surface area contributed by atoms with Gasteiger partial charge >= 0.3 is 5.97 Å². The van der Waals surface area contributed by atoms with Gasteiger partial charge in [0, 0.05) is 11.5 Å². The standard InChI is InChI=1S/C14H26N4O5S2/c1-6(2)10(15)13(21)16-7(3)11(19)17-8(4-24)12(20)18-9(5-25)14(22)23/h6-10,24-25H,4-5,15H2,1-3H3,(H,16,21)(H,17,19)(H,18,20)(H,22,23). The highest BCUT2D eigenvalue weighted by Gasteiger charge is 2.27. The summed E-state index contributed by atoms with van der Waals surface area (Å²) >= 11 is 7.82. The van der Waals surface area contributed by atoms with E-state index in [2.05, 4.69) is 41.2 Å². The number of hydrogen-bond donors (Lipinski definition) is 7. The van der Waals surface area contributed by atoms with Crippen molar-refractivity contribution in [3.05, 3.63) is 0 Å². The number of carbonyl (C=O) groups is 4. The minimum Gasteiger partial charge on any atom is -0.480 e. The van der Waals surface area contributed by atoms with E-state index in [-0.39, 0.29) is 17.4 Å². The smallest absolute Gasteiger partial charge is 0.327 e. The van der Waals surface area contributed by atoms with Crippen LogP contribution in [0.2, 0.25) is 0 Å². The molecule has 0 bridgehead atoms. The minimum absolute atomic E-state index is 0.0529. The molecular weight excluding hydrogens is 368 g/mol. The van der Waals surface area contributed by atoms with Gasteiger partial charge in [-0.3, -0.25) is 14.4 Å². The molecular formula is C14H26N4O5S2. The Hall–Kier alpha value is -1.46. The summed E-state index contributed by atoms with van der Waals surface area (Å²) in [7, 11) is 0. The second-order valence-corrected chi connectivity index (χ2v) is 6.56. The van der Waals surface area contributed by atoms with Crippen LogP contribution in [0.5, 0.6) is 0 Å². The van der Waals surface area contributed by atoms with Crippen molar-refractivity contribution in [2.75, 3.05) is 11.5 Å². The SMILES string of the molecule is CC(NC(=O)C(N)C(C)C)C(=O)NC(CS)C(=O)NC(CS)C(=O)O. The van der Waals surface area contributed by atoms with Crippen molar-refractivity contribution in [3.63, 3.8) is 0 Å². The zero-order valence-corrected chi connectivity index (χ0v) is 16.1. The molecule has 0 fully saturated rings. The Morgan fingerprint density at radius 3 is 1.76 bits per heavy atom. The maximum absolute atomic E-state index is 12.1. The van der Waals surface area contributed by atoms with Crippen molar-refractivity contribution in [2.45, 2.75) is 44.9 Å². The minimum atomic E-state index is -1.24. The third-order valence-electron chi connectivity index (χ3n) is 3.39. The van der Waals surface area contributed by atoms with Crippen LogP contribution in [0.3, 0.4) is 0 Å². The Balaban J connectivity index is 4.74. The van der Waals surface area contributed by atoms with Crippen LogP contribution in [-0.2, 0) is 19.2 Å². The Morgan fingerprint density at radius 2 is 1.36 bits per heavy atom. The summed E-state index contributed by atoms with van der Waals surface area (Å²) < 4.78 is 0. The molecule has 0 saturated carbocycles. The summed E-state index contributed by atoms with van der Waals surface area (Å²) in [5, 5.41) is 16.0. The van der Waals surface area contributed by atoms with E-state index < -0.39 is 47.9 Å². The number of nitrogens with one attached hydrogen (secondary N) is 3. The maximum Gasteiger partial charge on any atom is 0.327 e. The van der Waals surface area contributed by atoms with Crippen LogP contribution >= 0.6 is 25.3 Å². The summed E-state index contributed by atoms with van der Waals surface area (Å²) in [4.78, 5) is 47.0. The summed E-state index contributed by atoms with van der Waals surface area (Å²) in [6, 6.07) is -3.93.